The maximum absolute atomic E-state index is 7.23. The van der Waals surface area contributed by atoms with Gasteiger partial charge >= 0.3 is 0 Å². The van der Waals surface area contributed by atoms with Crippen LogP contribution in [0.4, 0.5) is 0 Å². The normalized spacial score (nSPS) is 12.2. The monoisotopic (exact) mass is 2590 g/mol. The molecule has 0 aliphatic rings. The van der Waals surface area contributed by atoms with Gasteiger partial charge in [0.25, 0.3) is 0 Å². The van der Waals surface area contributed by atoms with Gasteiger partial charge in [-0.3, -0.25) is 0 Å². The van der Waals surface area contributed by atoms with Crippen LogP contribution in [0.5, 0.6) is 0 Å². The molecule has 15 heteroatoms. The molecule has 0 atom stereocenters. The average molecular weight is 2590 g/mol. The van der Waals surface area contributed by atoms with Crippen molar-refractivity contribution in [2.45, 2.75) is 102 Å². The second kappa shape index (κ2) is 52.0. The van der Waals surface area contributed by atoms with Gasteiger partial charge in [-0.2, -0.15) is 0 Å². The van der Waals surface area contributed by atoms with Gasteiger partial charge in [0.05, 0.1) is 16.7 Å². The summed E-state index contributed by atoms with van der Waals surface area (Å²) in [6.07, 6.45) is 14.0. The molecule has 0 spiro atoms. The van der Waals surface area contributed by atoms with Crippen LogP contribution in [0.1, 0.15) is 107 Å². The van der Waals surface area contributed by atoms with Crippen LogP contribution >= 0.6 is 0 Å². The Kier molecular flexibility index (Phi) is 33.2. The standard InChI is InChI=1S/C22H20NO.C21H20N.C19H14NO.C18H12NO.4C12H10N.4Ir/c1-14(2)12-16-6-4-7-17-18-8-5-9-19(22(18)24-21(16)17)20-13-15(3)10-11-23-20;1-21(2,3)19-12-13-22-20(15-19)18-11-7-10-17(14-18)16-8-5-4-6-9-16;1-12-9-10-20-17(11-12)16-8-4-7-15-14-6-3-5-13(2)18(14)21-19(15)16;1-12-9-10-19-16(11-12)15-7-4-6-14-13-5-2-3-8-17(13)20-18(14)15;4*1-10-7-8-12(13-9-10)11-5-3-2-4-6-11;;;;/h4-8,10-11,13-14H,12H2,1-3H3;4-10,12-15H,1-3H3;3-7,9-11H,1-2H3;2-6,8-11H,1H3;4*2-5,7-9H,1H3;;;;/q8*-1;;;;/i;;;;4*1D3;;;;. The summed E-state index contributed by atoms with van der Waals surface area (Å²) in [5.41, 5.74) is 30.1. The van der Waals surface area contributed by atoms with Gasteiger partial charge in [-0.15, -0.1) is 234 Å². The molecule has 23 aromatic rings. The van der Waals surface area contributed by atoms with Crippen molar-refractivity contribution in [3.63, 3.8) is 0 Å². The second-order valence-electron chi connectivity index (χ2n) is 34.5. The van der Waals surface area contributed by atoms with Crippen molar-refractivity contribution in [1.82, 2.24) is 39.9 Å². The van der Waals surface area contributed by atoms with Crippen molar-refractivity contribution >= 4 is 65.8 Å². The number of nitrogens with zero attached hydrogens (tertiary/aromatic N) is 8. The number of furan rings is 3. The first-order valence-electron chi connectivity index (χ1n) is 51.6. The molecule has 23 rings (SSSR count). The molecule has 0 aliphatic carbocycles. The Labute approximate surface area is 910 Å². The molecule has 0 fully saturated rings. The number of aromatic nitrogens is 8. The van der Waals surface area contributed by atoms with E-state index < -0.39 is 27.4 Å². The molecule has 4 radical (unpaired) electrons. The summed E-state index contributed by atoms with van der Waals surface area (Å²) in [4.78, 5) is 34.4. The summed E-state index contributed by atoms with van der Waals surface area (Å²) < 4.78 is 105. The average Bonchev–Trinajstić information content (AvgIpc) is 1.62. The molecule has 0 aliphatic heterocycles. The van der Waals surface area contributed by atoms with Crippen molar-refractivity contribution in [3.05, 3.63) is 493 Å². The Balaban J connectivity index is 0.000000156. The van der Waals surface area contributed by atoms with Gasteiger partial charge in [0, 0.05) is 163 Å². The minimum absolute atomic E-state index is 0. The van der Waals surface area contributed by atoms with Crippen LogP contribution in [-0.2, 0) is 92.3 Å². The van der Waals surface area contributed by atoms with Crippen LogP contribution in [0.2, 0.25) is 0 Å². The van der Waals surface area contributed by atoms with Gasteiger partial charge in [-0.1, -0.05) is 242 Å². The first kappa shape index (κ1) is 91.3. The molecule has 720 valence electrons. The molecule has 11 nitrogen and oxygen atoms in total. The summed E-state index contributed by atoms with van der Waals surface area (Å²) in [7, 11) is 0. The van der Waals surface area contributed by atoms with E-state index in [4.69, 9.17) is 29.7 Å². The van der Waals surface area contributed by atoms with E-state index in [0.29, 0.717) is 5.92 Å². The van der Waals surface area contributed by atoms with Crippen molar-refractivity contribution in [2.24, 2.45) is 5.92 Å². The Morgan fingerprint density at radius 3 is 1.04 bits per heavy atom. The van der Waals surface area contributed by atoms with Gasteiger partial charge in [0.15, 0.2) is 0 Å². The molecular formula is C128H106Ir4N8O3-8. The number of pyridine rings is 8. The van der Waals surface area contributed by atoms with Crippen molar-refractivity contribution < 1.29 is 110 Å². The molecule has 0 saturated heterocycles. The van der Waals surface area contributed by atoms with Crippen LogP contribution in [0.3, 0.4) is 0 Å². The first-order chi connectivity index (χ1) is 72.5. The number of fused-ring (bicyclic) bond motifs is 9. The quantitative estimate of drug-likeness (QED) is 0.114. The van der Waals surface area contributed by atoms with Gasteiger partial charge in [-0.25, -0.2) is 0 Å². The maximum atomic E-state index is 7.23. The molecule has 0 N–H and O–H groups in total. The molecule has 0 saturated carbocycles. The van der Waals surface area contributed by atoms with Gasteiger partial charge in [0.1, 0.15) is 16.7 Å². The van der Waals surface area contributed by atoms with Crippen LogP contribution in [-0.4, -0.2) is 39.9 Å². The number of aryl methyl sites for hydroxylation is 8. The number of hydrogen-bond donors (Lipinski definition) is 0. The topological polar surface area (TPSA) is 143 Å². The summed E-state index contributed by atoms with van der Waals surface area (Å²) in [5, 5.41) is 6.81. The van der Waals surface area contributed by atoms with Crippen molar-refractivity contribution in [3.8, 4) is 101 Å². The van der Waals surface area contributed by atoms with Gasteiger partial charge in [-0.05, 0) is 193 Å². The second-order valence-corrected chi connectivity index (χ2v) is 34.5. The predicted octanol–water partition coefficient (Wildman–Crippen LogP) is 32.7. The van der Waals surface area contributed by atoms with Gasteiger partial charge in [0.2, 0.25) is 0 Å². The Morgan fingerprint density at radius 2 is 0.636 bits per heavy atom. The largest absolute Gasteiger partial charge is 0.501 e. The summed E-state index contributed by atoms with van der Waals surface area (Å²) >= 11 is 0. The minimum atomic E-state index is -2.09. The predicted molar refractivity (Wildman–Crippen MR) is 570 cm³/mol. The third-order valence-corrected chi connectivity index (χ3v) is 22.5. The molecule has 143 heavy (non-hydrogen) atoms. The van der Waals surface area contributed by atoms with E-state index in [1.165, 1.54) is 69.1 Å². The van der Waals surface area contributed by atoms with Crippen LogP contribution in [0.25, 0.3) is 167 Å². The van der Waals surface area contributed by atoms with E-state index in [1.54, 1.807) is 72.8 Å². The number of rotatable bonds is 11. The van der Waals surface area contributed by atoms with Crippen LogP contribution < -0.4 is 0 Å². The van der Waals surface area contributed by atoms with E-state index in [1.807, 2.05) is 170 Å². The van der Waals surface area contributed by atoms with E-state index >= 15 is 0 Å². The van der Waals surface area contributed by atoms with E-state index in [-0.39, 0.29) is 108 Å². The Hall–Kier alpha value is -14.2. The van der Waals surface area contributed by atoms with Crippen molar-refractivity contribution in [1.29, 1.82) is 0 Å². The van der Waals surface area contributed by atoms with Gasteiger partial charge < -0.3 is 53.1 Å². The fourth-order valence-corrected chi connectivity index (χ4v) is 15.5. The molecule has 11 heterocycles. The zero-order valence-electron chi connectivity index (χ0n) is 91.9. The molecule has 11 aromatic heterocycles. The number of para-hydroxylation sites is 3. The van der Waals surface area contributed by atoms with E-state index in [2.05, 4.69) is 272 Å². The zero-order chi connectivity index (χ0) is 107. The van der Waals surface area contributed by atoms with Crippen LogP contribution in [0, 0.1) is 110 Å². The van der Waals surface area contributed by atoms with E-state index in [9.17, 15) is 0 Å². The summed E-state index contributed by atoms with van der Waals surface area (Å²) in [6, 6.07) is 134. The van der Waals surface area contributed by atoms with Crippen LogP contribution in [0.15, 0.2) is 403 Å². The minimum Gasteiger partial charge on any atom is -0.501 e. The smallest absolute Gasteiger partial charge is 0.124 e. The Bertz CT molecular complexity index is 8130. The van der Waals surface area contributed by atoms with E-state index in [0.717, 1.165) is 162 Å². The fourth-order valence-electron chi connectivity index (χ4n) is 15.5. The van der Waals surface area contributed by atoms with Crippen molar-refractivity contribution in [2.75, 3.05) is 0 Å². The number of benzene rings is 12. The molecule has 0 amide bonds. The SMILES string of the molecule is CC(C)(C)c1ccnc(-c2[c-]ccc(-c3ccccc3)c2)c1.Cc1ccnc(-c2[c-]ccc3c2oc2c(C)cccc23)c1.Cc1ccnc(-c2[c-]ccc3c2oc2c(CC(C)C)cccc23)c1.Cc1ccnc(-c2[c-]ccc3c2oc2ccccc23)c1.[2H]C([2H])([2H])c1ccc(-c2[c-]cccc2)nc1.[2H]C([2H])([2H])c1ccc(-c2[c-]cccc2)nc1.[2H]C([2H])([2H])c1ccc(-c2[c-]cccc2)nc1.[2H]C([2H])([2H])c1ccc(-c2[c-]cccc2)nc1.[Ir].[Ir].[Ir].[Ir]. The Morgan fingerprint density at radius 1 is 0.273 bits per heavy atom. The molecule has 0 bridgehead atoms. The third-order valence-electron chi connectivity index (χ3n) is 22.5. The summed E-state index contributed by atoms with van der Waals surface area (Å²) in [6.45, 7) is 11.0. The molecule has 12 aromatic carbocycles. The fraction of sp³-hybridized carbons (Fsp3) is 0.125. The molecular weight excluding hydrogens is 2470 g/mol. The first-order valence-corrected chi connectivity index (χ1v) is 45.6. The summed E-state index contributed by atoms with van der Waals surface area (Å²) in [5.74, 6) is 0.591. The zero-order valence-corrected chi connectivity index (χ0v) is 89.5. The maximum Gasteiger partial charge on any atom is 0.124 e. The molecule has 0 unspecified atom stereocenters. The number of hydrogen-bond acceptors (Lipinski definition) is 11. The third kappa shape index (κ3) is 28.4.